The van der Waals surface area contributed by atoms with Crippen molar-refractivity contribution >= 4 is 5.91 Å². The van der Waals surface area contributed by atoms with E-state index in [0.717, 1.165) is 38.3 Å². The number of carbonyl (C=O) groups excluding carboxylic acids is 1. The highest BCUT2D eigenvalue weighted by atomic mass is 16.2. The Labute approximate surface area is 117 Å². The quantitative estimate of drug-likeness (QED) is 0.771. The molecule has 1 atom stereocenters. The number of aromatic nitrogens is 4. The van der Waals surface area contributed by atoms with Gasteiger partial charge in [0.15, 0.2) is 0 Å². The van der Waals surface area contributed by atoms with Crippen LogP contribution in [0.1, 0.15) is 29.2 Å². The lowest BCUT2D eigenvalue weighted by molar-refractivity contribution is 0.0776. The first-order valence-electron chi connectivity index (χ1n) is 6.99. The number of amides is 1. The molecule has 4 rings (SSSR count). The van der Waals surface area contributed by atoms with Crippen molar-refractivity contribution in [2.75, 3.05) is 13.1 Å². The maximum absolute atomic E-state index is 12.5. The Kier molecular flexibility index (Phi) is 2.31. The van der Waals surface area contributed by atoms with E-state index in [4.69, 9.17) is 0 Å². The molecule has 0 aliphatic carbocycles. The van der Waals surface area contributed by atoms with Crippen LogP contribution in [-0.2, 0) is 19.0 Å². The molecule has 0 aromatic carbocycles. The lowest BCUT2D eigenvalue weighted by Gasteiger charge is -2.22. The number of likely N-dealkylation sites (tertiary alicyclic amines) is 1. The van der Waals surface area contributed by atoms with Crippen molar-refractivity contribution < 1.29 is 4.79 Å². The van der Waals surface area contributed by atoms with Gasteiger partial charge in [0, 0.05) is 50.7 Å². The minimum atomic E-state index is 0.0347. The summed E-state index contributed by atoms with van der Waals surface area (Å²) in [5, 5.41) is 4.21. The molecule has 2 aliphatic rings. The number of imidazole rings is 1. The van der Waals surface area contributed by atoms with Gasteiger partial charge in [0.2, 0.25) is 0 Å². The summed E-state index contributed by atoms with van der Waals surface area (Å²) in [5.41, 5.74) is 0.597. The summed E-state index contributed by atoms with van der Waals surface area (Å²) < 4.78 is 3.89. The highest BCUT2D eigenvalue weighted by Gasteiger charge is 2.47. The minimum Gasteiger partial charge on any atom is -0.336 e. The third-order valence-corrected chi connectivity index (χ3v) is 4.59. The Balaban J connectivity index is 1.58. The average molecular weight is 271 g/mol. The van der Waals surface area contributed by atoms with Crippen LogP contribution >= 0.6 is 0 Å². The van der Waals surface area contributed by atoms with Crippen molar-refractivity contribution in [1.82, 2.24) is 24.2 Å². The maximum Gasteiger partial charge on any atom is 0.274 e. The van der Waals surface area contributed by atoms with Crippen molar-refractivity contribution in [2.24, 2.45) is 7.05 Å². The first-order chi connectivity index (χ1) is 9.68. The molecule has 0 N–H and O–H groups in total. The Hall–Kier alpha value is -2.11. The first kappa shape index (κ1) is 11.7. The van der Waals surface area contributed by atoms with Crippen LogP contribution in [0, 0.1) is 0 Å². The largest absolute Gasteiger partial charge is 0.336 e. The molecule has 6 nitrogen and oxygen atoms in total. The lowest BCUT2D eigenvalue weighted by Crippen LogP contribution is -2.34. The fourth-order valence-corrected chi connectivity index (χ4v) is 3.52. The minimum absolute atomic E-state index is 0.0347. The normalized spacial score (nSPS) is 24.6. The number of rotatable bonds is 1. The highest BCUT2D eigenvalue weighted by molar-refractivity contribution is 5.92. The number of hydrogen-bond acceptors (Lipinski definition) is 3. The third kappa shape index (κ3) is 1.54. The van der Waals surface area contributed by atoms with Crippen LogP contribution in [0.2, 0.25) is 0 Å². The zero-order valence-corrected chi connectivity index (χ0v) is 11.5. The summed E-state index contributed by atoms with van der Waals surface area (Å²) >= 11 is 0. The average Bonchev–Trinajstić information content (AvgIpc) is 3.18. The van der Waals surface area contributed by atoms with E-state index in [-0.39, 0.29) is 11.3 Å². The molecule has 20 heavy (non-hydrogen) atoms. The maximum atomic E-state index is 12.5. The van der Waals surface area contributed by atoms with E-state index in [1.807, 2.05) is 24.3 Å². The second-order valence-corrected chi connectivity index (χ2v) is 5.83. The van der Waals surface area contributed by atoms with Crippen LogP contribution in [0.15, 0.2) is 24.7 Å². The van der Waals surface area contributed by atoms with Gasteiger partial charge in [0.1, 0.15) is 11.5 Å². The zero-order valence-electron chi connectivity index (χ0n) is 11.5. The monoisotopic (exact) mass is 271 g/mol. The molecule has 104 valence electrons. The van der Waals surface area contributed by atoms with Crippen LogP contribution in [0.4, 0.5) is 0 Å². The molecule has 6 heteroatoms. The van der Waals surface area contributed by atoms with Crippen molar-refractivity contribution in [1.29, 1.82) is 0 Å². The lowest BCUT2D eigenvalue weighted by atomic mass is 9.85. The molecule has 0 bridgehead atoms. The standard InChI is InChI=1S/C14H17N5O/c1-17-6-2-11(16-17)12(20)19-8-4-14(10-19)3-7-18-9-5-15-13(14)18/h2,5-6,9H,3-4,7-8,10H2,1H3. The molecule has 4 heterocycles. The number of fused-ring (bicyclic) bond motifs is 2. The molecule has 2 aromatic rings. The Morgan fingerprint density at radius 3 is 2.95 bits per heavy atom. The molecule has 0 radical (unpaired) electrons. The summed E-state index contributed by atoms with van der Waals surface area (Å²) in [4.78, 5) is 18.9. The van der Waals surface area contributed by atoms with Crippen LogP contribution in [0.3, 0.4) is 0 Å². The number of carbonyl (C=O) groups is 1. The van der Waals surface area contributed by atoms with E-state index in [0.29, 0.717) is 5.69 Å². The van der Waals surface area contributed by atoms with Gasteiger partial charge in [-0.05, 0) is 18.9 Å². The fraction of sp³-hybridized carbons (Fsp3) is 0.500. The smallest absolute Gasteiger partial charge is 0.274 e. The van der Waals surface area contributed by atoms with E-state index in [1.54, 1.807) is 16.9 Å². The third-order valence-electron chi connectivity index (χ3n) is 4.59. The van der Waals surface area contributed by atoms with Crippen molar-refractivity contribution in [2.45, 2.75) is 24.8 Å². The van der Waals surface area contributed by atoms with Crippen molar-refractivity contribution in [3.05, 3.63) is 36.2 Å². The predicted octanol–water partition coefficient (Wildman–Crippen LogP) is 0.804. The topological polar surface area (TPSA) is 56.0 Å². The van der Waals surface area contributed by atoms with Gasteiger partial charge < -0.3 is 9.47 Å². The molecular formula is C14H17N5O. The molecule has 1 saturated heterocycles. The molecular weight excluding hydrogens is 254 g/mol. The van der Waals surface area contributed by atoms with Crippen LogP contribution in [-0.4, -0.2) is 43.2 Å². The molecule has 0 saturated carbocycles. The zero-order chi connectivity index (χ0) is 13.7. The van der Waals surface area contributed by atoms with E-state index in [9.17, 15) is 4.79 Å². The van der Waals surface area contributed by atoms with E-state index >= 15 is 0 Å². The number of hydrogen-bond donors (Lipinski definition) is 0. The second kappa shape index (κ2) is 3.94. The molecule has 2 aliphatic heterocycles. The molecule has 1 spiro atoms. The molecule has 2 aromatic heterocycles. The van der Waals surface area contributed by atoms with Crippen molar-refractivity contribution in [3.8, 4) is 0 Å². The van der Waals surface area contributed by atoms with Crippen LogP contribution < -0.4 is 0 Å². The summed E-state index contributed by atoms with van der Waals surface area (Å²) in [6, 6.07) is 1.78. The van der Waals surface area contributed by atoms with E-state index in [2.05, 4.69) is 14.6 Å². The first-order valence-corrected chi connectivity index (χ1v) is 6.99. The highest BCUT2D eigenvalue weighted by Crippen LogP contribution is 2.41. The Bertz CT molecular complexity index is 673. The summed E-state index contributed by atoms with van der Waals surface area (Å²) in [7, 11) is 1.83. The predicted molar refractivity (Wildman–Crippen MR) is 72.3 cm³/mol. The van der Waals surface area contributed by atoms with Gasteiger partial charge in [0.05, 0.1) is 0 Å². The van der Waals surface area contributed by atoms with Gasteiger partial charge in [-0.3, -0.25) is 9.48 Å². The van der Waals surface area contributed by atoms with Gasteiger partial charge >= 0.3 is 0 Å². The van der Waals surface area contributed by atoms with Gasteiger partial charge in [-0.1, -0.05) is 0 Å². The van der Waals surface area contributed by atoms with Gasteiger partial charge in [-0.25, -0.2) is 4.98 Å². The summed E-state index contributed by atoms with van der Waals surface area (Å²) in [6.45, 7) is 2.57. The van der Waals surface area contributed by atoms with Gasteiger partial charge in [0.25, 0.3) is 5.91 Å². The molecule has 1 unspecified atom stereocenters. The Morgan fingerprint density at radius 2 is 2.15 bits per heavy atom. The SMILES string of the molecule is Cn1ccc(C(=O)N2CCC3(CCn4ccnc43)C2)n1. The van der Waals surface area contributed by atoms with Crippen LogP contribution in [0.5, 0.6) is 0 Å². The fourth-order valence-electron chi connectivity index (χ4n) is 3.52. The summed E-state index contributed by atoms with van der Waals surface area (Å²) in [6.07, 6.45) is 7.79. The van der Waals surface area contributed by atoms with E-state index < -0.39 is 0 Å². The van der Waals surface area contributed by atoms with Gasteiger partial charge in [-0.2, -0.15) is 5.10 Å². The van der Waals surface area contributed by atoms with E-state index in [1.165, 1.54) is 0 Å². The summed E-state index contributed by atoms with van der Waals surface area (Å²) in [5.74, 6) is 1.18. The number of nitrogens with zero attached hydrogens (tertiary/aromatic N) is 5. The van der Waals surface area contributed by atoms with Gasteiger partial charge in [-0.15, -0.1) is 0 Å². The molecule has 1 amide bonds. The Morgan fingerprint density at radius 1 is 1.30 bits per heavy atom. The second-order valence-electron chi connectivity index (χ2n) is 5.83. The van der Waals surface area contributed by atoms with Crippen molar-refractivity contribution in [3.63, 3.8) is 0 Å². The van der Waals surface area contributed by atoms with Crippen LogP contribution in [0.25, 0.3) is 0 Å². The molecule has 1 fully saturated rings. The number of aryl methyl sites for hydroxylation is 2.